The van der Waals surface area contributed by atoms with Crippen molar-refractivity contribution < 1.29 is 19.1 Å². The second-order valence-corrected chi connectivity index (χ2v) is 5.92. The fourth-order valence-corrected chi connectivity index (χ4v) is 2.55. The zero-order valence-corrected chi connectivity index (χ0v) is 15.4. The lowest BCUT2D eigenvalue weighted by atomic mass is 10.1. The molecule has 0 saturated heterocycles. The number of carbonyl (C=O) groups is 2. The molecule has 0 fully saturated rings. The van der Waals surface area contributed by atoms with Crippen LogP contribution in [0.15, 0.2) is 48.5 Å². The average Bonchev–Trinajstić information content (AvgIpc) is 2.67. The van der Waals surface area contributed by atoms with Crippen LogP contribution in [0.3, 0.4) is 0 Å². The molecule has 0 radical (unpaired) electrons. The number of carbonyl (C=O) groups excluding carboxylic acids is 2. The Morgan fingerprint density at radius 1 is 0.769 bits per heavy atom. The molecule has 0 aliphatic heterocycles. The minimum Gasteiger partial charge on any atom is -0.493 e. The molecule has 0 spiro atoms. The summed E-state index contributed by atoms with van der Waals surface area (Å²) in [6.07, 6.45) is 0. The third-order valence-electron chi connectivity index (χ3n) is 4.11. The van der Waals surface area contributed by atoms with Gasteiger partial charge in [0.1, 0.15) is 0 Å². The highest BCUT2D eigenvalue weighted by Gasteiger charge is 2.20. The van der Waals surface area contributed by atoms with Gasteiger partial charge in [-0.05, 0) is 37.1 Å². The molecule has 6 nitrogen and oxygen atoms in total. The number of amides is 2. The molecule has 26 heavy (non-hydrogen) atoms. The van der Waals surface area contributed by atoms with E-state index in [1.165, 1.54) is 0 Å². The second kappa shape index (κ2) is 8.89. The minimum atomic E-state index is -0.685. The second-order valence-electron chi connectivity index (χ2n) is 5.92. The van der Waals surface area contributed by atoms with Gasteiger partial charge in [0.25, 0.3) is 0 Å². The van der Waals surface area contributed by atoms with Gasteiger partial charge in [-0.2, -0.15) is 0 Å². The molecule has 2 amide bonds. The SMILES string of the molecule is COc1ccc(C(C)NC(=O)C(=O)NC(C)c2ccccc2)cc1OC. The van der Waals surface area contributed by atoms with Crippen molar-refractivity contribution in [3.05, 3.63) is 59.7 Å². The Hall–Kier alpha value is -3.02. The van der Waals surface area contributed by atoms with Gasteiger partial charge in [-0.3, -0.25) is 9.59 Å². The van der Waals surface area contributed by atoms with E-state index in [4.69, 9.17) is 9.47 Å². The smallest absolute Gasteiger partial charge is 0.309 e. The van der Waals surface area contributed by atoms with Crippen molar-refractivity contribution in [3.8, 4) is 11.5 Å². The summed E-state index contributed by atoms with van der Waals surface area (Å²) >= 11 is 0. The predicted octanol–water partition coefficient (Wildman–Crippen LogP) is 2.76. The predicted molar refractivity (Wildman–Crippen MR) is 99.1 cm³/mol. The van der Waals surface area contributed by atoms with Crippen LogP contribution in [0.4, 0.5) is 0 Å². The van der Waals surface area contributed by atoms with Crippen LogP contribution >= 0.6 is 0 Å². The molecule has 0 aliphatic rings. The molecule has 138 valence electrons. The van der Waals surface area contributed by atoms with Gasteiger partial charge in [0.05, 0.1) is 26.3 Å². The lowest BCUT2D eigenvalue weighted by Gasteiger charge is -2.18. The van der Waals surface area contributed by atoms with E-state index in [-0.39, 0.29) is 12.1 Å². The molecule has 0 heterocycles. The number of nitrogens with one attached hydrogen (secondary N) is 2. The van der Waals surface area contributed by atoms with E-state index in [1.54, 1.807) is 33.3 Å². The fourth-order valence-electron chi connectivity index (χ4n) is 2.55. The zero-order valence-electron chi connectivity index (χ0n) is 15.4. The summed E-state index contributed by atoms with van der Waals surface area (Å²) in [4.78, 5) is 24.3. The van der Waals surface area contributed by atoms with Crippen molar-refractivity contribution in [1.82, 2.24) is 10.6 Å². The van der Waals surface area contributed by atoms with Crippen molar-refractivity contribution in [2.75, 3.05) is 14.2 Å². The largest absolute Gasteiger partial charge is 0.493 e. The third kappa shape index (κ3) is 4.75. The average molecular weight is 356 g/mol. The van der Waals surface area contributed by atoms with Gasteiger partial charge < -0.3 is 20.1 Å². The van der Waals surface area contributed by atoms with Crippen molar-refractivity contribution in [1.29, 1.82) is 0 Å². The van der Waals surface area contributed by atoms with E-state index in [0.29, 0.717) is 11.5 Å². The Balaban J connectivity index is 1.99. The topological polar surface area (TPSA) is 76.7 Å². The van der Waals surface area contributed by atoms with Crippen LogP contribution in [0, 0.1) is 0 Å². The standard InChI is InChI=1S/C20H24N2O4/c1-13(15-8-6-5-7-9-15)21-19(23)20(24)22-14(2)16-10-11-17(25-3)18(12-16)26-4/h5-14H,1-4H3,(H,21,23)(H,22,24). The summed E-state index contributed by atoms with van der Waals surface area (Å²) in [7, 11) is 3.10. The summed E-state index contributed by atoms with van der Waals surface area (Å²) in [5.74, 6) is -0.193. The number of methoxy groups -OCH3 is 2. The maximum atomic E-state index is 12.2. The van der Waals surface area contributed by atoms with E-state index < -0.39 is 11.8 Å². The van der Waals surface area contributed by atoms with Gasteiger partial charge in [-0.1, -0.05) is 36.4 Å². The van der Waals surface area contributed by atoms with Crippen LogP contribution in [-0.4, -0.2) is 26.0 Å². The molecule has 2 N–H and O–H groups in total. The van der Waals surface area contributed by atoms with Gasteiger partial charge in [0.15, 0.2) is 11.5 Å². The van der Waals surface area contributed by atoms with Crippen LogP contribution in [0.5, 0.6) is 11.5 Å². The Morgan fingerprint density at radius 2 is 1.31 bits per heavy atom. The first-order valence-electron chi connectivity index (χ1n) is 8.34. The summed E-state index contributed by atoms with van der Waals surface area (Å²) in [6, 6.07) is 14.2. The van der Waals surface area contributed by atoms with Crippen molar-refractivity contribution in [2.24, 2.45) is 0 Å². The van der Waals surface area contributed by atoms with E-state index in [2.05, 4.69) is 10.6 Å². The maximum Gasteiger partial charge on any atom is 0.309 e. The molecule has 6 heteroatoms. The molecule has 0 saturated carbocycles. The van der Waals surface area contributed by atoms with E-state index >= 15 is 0 Å². The first-order chi connectivity index (χ1) is 12.5. The Morgan fingerprint density at radius 3 is 1.85 bits per heavy atom. The number of rotatable bonds is 6. The quantitative estimate of drug-likeness (QED) is 0.781. The van der Waals surface area contributed by atoms with E-state index in [0.717, 1.165) is 11.1 Å². The Kier molecular flexibility index (Phi) is 6.60. The van der Waals surface area contributed by atoms with Crippen LogP contribution in [0.25, 0.3) is 0 Å². The molecule has 2 rings (SSSR count). The van der Waals surface area contributed by atoms with E-state index in [1.807, 2.05) is 43.3 Å². The monoisotopic (exact) mass is 356 g/mol. The molecule has 2 unspecified atom stereocenters. The molecule has 2 aromatic rings. The number of benzene rings is 2. The first-order valence-corrected chi connectivity index (χ1v) is 8.34. The summed E-state index contributed by atoms with van der Waals surface area (Å²) in [6.45, 7) is 3.63. The molecule has 0 aromatic heterocycles. The van der Waals surface area contributed by atoms with Crippen LogP contribution < -0.4 is 20.1 Å². The minimum absolute atomic E-state index is 0.258. The molecule has 0 bridgehead atoms. The molecule has 2 aromatic carbocycles. The van der Waals surface area contributed by atoms with Crippen molar-refractivity contribution in [3.63, 3.8) is 0 Å². The van der Waals surface area contributed by atoms with Gasteiger partial charge in [-0.15, -0.1) is 0 Å². The Labute approximate surface area is 153 Å². The van der Waals surface area contributed by atoms with Crippen molar-refractivity contribution in [2.45, 2.75) is 25.9 Å². The Bertz CT molecular complexity index is 762. The zero-order chi connectivity index (χ0) is 19.1. The van der Waals surface area contributed by atoms with Gasteiger partial charge in [0.2, 0.25) is 0 Å². The molecule has 2 atom stereocenters. The normalized spacial score (nSPS) is 12.6. The summed E-state index contributed by atoms with van der Waals surface area (Å²) in [5, 5.41) is 5.39. The fraction of sp³-hybridized carbons (Fsp3) is 0.300. The lowest BCUT2D eigenvalue weighted by Crippen LogP contribution is -2.41. The first kappa shape index (κ1) is 19.3. The summed E-state index contributed by atoms with van der Waals surface area (Å²) in [5.41, 5.74) is 1.74. The maximum absolute atomic E-state index is 12.2. The number of hydrogen-bond donors (Lipinski definition) is 2. The highest BCUT2D eigenvalue weighted by molar-refractivity contribution is 6.35. The third-order valence-corrected chi connectivity index (χ3v) is 4.11. The highest BCUT2D eigenvalue weighted by Crippen LogP contribution is 2.29. The molecule has 0 aliphatic carbocycles. The number of ether oxygens (including phenoxy) is 2. The number of hydrogen-bond acceptors (Lipinski definition) is 4. The van der Waals surface area contributed by atoms with Crippen LogP contribution in [-0.2, 0) is 9.59 Å². The summed E-state index contributed by atoms with van der Waals surface area (Å²) < 4.78 is 10.5. The van der Waals surface area contributed by atoms with E-state index in [9.17, 15) is 9.59 Å². The van der Waals surface area contributed by atoms with Crippen LogP contribution in [0.1, 0.15) is 37.1 Å². The molecular weight excluding hydrogens is 332 g/mol. The lowest BCUT2D eigenvalue weighted by molar-refractivity contribution is -0.140. The van der Waals surface area contributed by atoms with Gasteiger partial charge in [-0.25, -0.2) is 0 Å². The van der Waals surface area contributed by atoms with Crippen molar-refractivity contribution >= 4 is 11.8 Å². The van der Waals surface area contributed by atoms with Gasteiger partial charge in [0, 0.05) is 0 Å². The highest BCUT2D eigenvalue weighted by atomic mass is 16.5. The van der Waals surface area contributed by atoms with Crippen LogP contribution in [0.2, 0.25) is 0 Å². The molecular formula is C20H24N2O4. The van der Waals surface area contributed by atoms with Gasteiger partial charge >= 0.3 is 11.8 Å².